The standard InChI is InChI=1S/C19H19FN2O2/c1-2-9-22-17-8-5-14(10-15(17)11-18(22)23)19(24)21-12-13-3-6-16(20)7-4-13/h3-8,10H,2,9,11-12H2,1H3,(H,21,24). The van der Waals surface area contributed by atoms with Crippen LogP contribution in [0.4, 0.5) is 10.1 Å². The molecule has 2 aromatic carbocycles. The number of hydrogen-bond donors (Lipinski definition) is 1. The zero-order valence-corrected chi connectivity index (χ0v) is 13.5. The van der Waals surface area contributed by atoms with Crippen molar-refractivity contribution < 1.29 is 14.0 Å². The fraction of sp³-hybridized carbons (Fsp3) is 0.263. The fourth-order valence-electron chi connectivity index (χ4n) is 2.88. The summed E-state index contributed by atoms with van der Waals surface area (Å²) in [4.78, 5) is 26.1. The lowest BCUT2D eigenvalue weighted by Crippen LogP contribution is -2.27. The van der Waals surface area contributed by atoms with Crippen LogP contribution < -0.4 is 10.2 Å². The average molecular weight is 326 g/mol. The van der Waals surface area contributed by atoms with Gasteiger partial charge in [0.2, 0.25) is 5.91 Å². The Morgan fingerprint density at radius 2 is 1.96 bits per heavy atom. The van der Waals surface area contributed by atoms with Crippen LogP contribution in [0.25, 0.3) is 0 Å². The number of anilines is 1. The smallest absolute Gasteiger partial charge is 0.251 e. The van der Waals surface area contributed by atoms with Gasteiger partial charge in [0.15, 0.2) is 0 Å². The zero-order valence-electron chi connectivity index (χ0n) is 13.5. The van der Waals surface area contributed by atoms with E-state index in [0.29, 0.717) is 25.1 Å². The van der Waals surface area contributed by atoms with Gasteiger partial charge in [-0.1, -0.05) is 19.1 Å². The van der Waals surface area contributed by atoms with Crippen LogP contribution in [-0.2, 0) is 17.8 Å². The highest BCUT2D eigenvalue weighted by Gasteiger charge is 2.27. The number of carbonyl (C=O) groups is 2. The summed E-state index contributed by atoms with van der Waals surface area (Å²) in [5.74, 6) is -0.427. The van der Waals surface area contributed by atoms with Crippen molar-refractivity contribution in [2.45, 2.75) is 26.3 Å². The molecule has 1 N–H and O–H groups in total. The molecule has 1 heterocycles. The van der Waals surface area contributed by atoms with E-state index in [9.17, 15) is 14.0 Å². The molecular formula is C19H19FN2O2. The molecule has 0 spiro atoms. The molecule has 0 saturated carbocycles. The molecule has 2 aromatic rings. The van der Waals surface area contributed by atoms with Crippen molar-refractivity contribution in [2.24, 2.45) is 0 Å². The highest BCUT2D eigenvalue weighted by atomic mass is 19.1. The molecule has 1 aliphatic rings. The molecule has 5 heteroatoms. The zero-order chi connectivity index (χ0) is 17.1. The van der Waals surface area contributed by atoms with E-state index in [1.54, 1.807) is 29.2 Å². The minimum Gasteiger partial charge on any atom is -0.348 e. The minimum absolute atomic E-state index is 0.0794. The maximum absolute atomic E-state index is 12.9. The Morgan fingerprint density at radius 3 is 2.67 bits per heavy atom. The summed E-state index contributed by atoms with van der Waals surface area (Å²) in [6, 6.07) is 11.4. The van der Waals surface area contributed by atoms with Gasteiger partial charge in [0.1, 0.15) is 5.82 Å². The second-order valence-electron chi connectivity index (χ2n) is 5.87. The van der Waals surface area contributed by atoms with Crippen molar-refractivity contribution in [2.75, 3.05) is 11.4 Å². The number of nitrogens with zero attached hydrogens (tertiary/aromatic N) is 1. The molecule has 1 aliphatic heterocycles. The van der Waals surface area contributed by atoms with Crippen molar-refractivity contribution in [3.05, 3.63) is 65.0 Å². The van der Waals surface area contributed by atoms with Gasteiger partial charge >= 0.3 is 0 Å². The monoisotopic (exact) mass is 326 g/mol. The van der Waals surface area contributed by atoms with Gasteiger partial charge in [-0.05, 0) is 47.9 Å². The van der Waals surface area contributed by atoms with E-state index in [1.165, 1.54) is 12.1 Å². The number of nitrogens with one attached hydrogen (secondary N) is 1. The van der Waals surface area contributed by atoms with Crippen molar-refractivity contribution in [3.8, 4) is 0 Å². The SMILES string of the molecule is CCCN1C(=O)Cc2cc(C(=O)NCc3ccc(F)cc3)ccc21. The van der Waals surface area contributed by atoms with Crippen molar-refractivity contribution in [1.29, 1.82) is 0 Å². The molecule has 0 aromatic heterocycles. The Bertz CT molecular complexity index is 771. The lowest BCUT2D eigenvalue weighted by atomic mass is 10.1. The van der Waals surface area contributed by atoms with Crippen LogP contribution >= 0.6 is 0 Å². The quantitative estimate of drug-likeness (QED) is 0.918. The number of halogens is 1. The minimum atomic E-state index is -0.301. The molecule has 124 valence electrons. The van der Waals surface area contributed by atoms with Gasteiger partial charge in [0.25, 0.3) is 5.91 Å². The van der Waals surface area contributed by atoms with E-state index < -0.39 is 0 Å². The molecule has 24 heavy (non-hydrogen) atoms. The Balaban J connectivity index is 1.69. The first-order valence-electron chi connectivity index (χ1n) is 8.04. The van der Waals surface area contributed by atoms with E-state index in [0.717, 1.165) is 23.2 Å². The lowest BCUT2D eigenvalue weighted by molar-refractivity contribution is -0.117. The van der Waals surface area contributed by atoms with Crippen LogP contribution in [0.15, 0.2) is 42.5 Å². The number of rotatable bonds is 5. The van der Waals surface area contributed by atoms with Gasteiger partial charge in [-0.2, -0.15) is 0 Å². The maximum Gasteiger partial charge on any atom is 0.251 e. The van der Waals surface area contributed by atoms with Crippen LogP contribution in [0.3, 0.4) is 0 Å². The van der Waals surface area contributed by atoms with E-state index in [-0.39, 0.29) is 17.6 Å². The van der Waals surface area contributed by atoms with Gasteiger partial charge in [0.05, 0.1) is 6.42 Å². The van der Waals surface area contributed by atoms with Gasteiger partial charge in [-0.15, -0.1) is 0 Å². The molecule has 0 bridgehead atoms. The van der Waals surface area contributed by atoms with Gasteiger partial charge in [-0.25, -0.2) is 4.39 Å². The van der Waals surface area contributed by atoms with Gasteiger partial charge in [0, 0.05) is 24.3 Å². The van der Waals surface area contributed by atoms with E-state index in [2.05, 4.69) is 5.32 Å². The summed E-state index contributed by atoms with van der Waals surface area (Å²) in [6.07, 6.45) is 1.24. The number of amides is 2. The Kier molecular flexibility index (Phi) is 4.60. The van der Waals surface area contributed by atoms with Gasteiger partial charge < -0.3 is 10.2 Å². The third-order valence-electron chi connectivity index (χ3n) is 4.09. The Morgan fingerprint density at radius 1 is 1.21 bits per heavy atom. The molecule has 3 rings (SSSR count). The molecule has 0 saturated heterocycles. The van der Waals surface area contributed by atoms with Crippen LogP contribution in [-0.4, -0.2) is 18.4 Å². The fourth-order valence-corrected chi connectivity index (χ4v) is 2.88. The molecular weight excluding hydrogens is 307 g/mol. The largest absolute Gasteiger partial charge is 0.348 e. The summed E-state index contributed by atoms with van der Waals surface area (Å²) < 4.78 is 12.9. The third kappa shape index (κ3) is 3.30. The third-order valence-corrected chi connectivity index (χ3v) is 4.09. The maximum atomic E-state index is 12.9. The second-order valence-corrected chi connectivity index (χ2v) is 5.87. The molecule has 2 amide bonds. The topological polar surface area (TPSA) is 49.4 Å². The van der Waals surface area contributed by atoms with Crippen LogP contribution in [0.2, 0.25) is 0 Å². The summed E-state index contributed by atoms with van der Waals surface area (Å²) in [5, 5.41) is 2.81. The molecule has 4 nitrogen and oxygen atoms in total. The van der Waals surface area contributed by atoms with Crippen LogP contribution in [0.1, 0.15) is 34.8 Å². The van der Waals surface area contributed by atoms with Crippen molar-refractivity contribution in [1.82, 2.24) is 5.32 Å². The summed E-state index contributed by atoms with van der Waals surface area (Å²) in [6.45, 7) is 3.06. The normalized spacial score (nSPS) is 13.1. The first-order chi connectivity index (χ1) is 11.6. The predicted molar refractivity (Wildman–Crippen MR) is 90.4 cm³/mol. The summed E-state index contributed by atoms with van der Waals surface area (Å²) in [7, 11) is 0. The highest BCUT2D eigenvalue weighted by molar-refractivity contribution is 6.03. The first-order valence-corrected chi connectivity index (χ1v) is 8.04. The second kappa shape index (κ2) is 6.83. The Labute approximate surface area is 140 Å². The van der Waals surface area contributed by atoms with Crippen molar-refractivity contribution in [3.63, 3.8) is 0 Å². The van der Waals surface area contributed by atoms with E-state index in [1.807, 2.05) is 13.0 Å². The molecule has 0 radical (unpaired) electrons. The van der Waals surface area contributed by atoms with E-state index in [4.69, 9.17) is 0 Å². The number of fused-ring (bicyclic) bond motifs is 1. The summed E-state index contributed by atoms with van der Waals surface area (Å²) in [5.41, 5.74) is 3.15. The molecule has 0 atom stereocenters. The number of benzene rings is 2. The molecule has 0 fully saturated rings. The number of hydrogen-bond acceptors (Lipinski definition) is 2. The average Bonchev–Trinajstić information content (AvgIpc) is 2.89. The molecule has 0 aliphatic carbocycles. The van der Waals surface area contributed by atoms with Crippen LogP contribution in [0, 0.1) is 5.82 Å². The molecule has 0 unspecified atom stereocenters. The number of carbonyl (C=O) groups excluding carboxylic acids is 2. The van der Waals surface area contributed by atoms with E-state index >= 15 is 0 Å². The van der Waals surface area contributed by atoms with Crippen LogP contribution in [0.5, 0.6) is 0 Å². The summed E-state index contributed by atoms with van der Waals surface area (Å²) >= 11 is 0. The predicted octanol–water partition coefficient (Wildman–Crippen LogP) is 3.05. The lowest BCUT2D eigenvalue weighted by Gasteiger charge is -2.16. The van der Waals surface area contributed by atoms with Crippen molar-refractivity contribution >= 4 is 17.5 Å². The van der Waals surface area contributed by atoms with Gasteiger partial charge in [-0.3, -0.25) is 9.59 Å². The first kappa shape index (κ1) is 16.2. The highest BCUT2D eigenvalue weighted by Crippen LogP contribution is 2.29. The Hall–Kier alpha value is -2.69.